The molecule has 1 aromatic rings. The largest absolute Gasteiger partial charge is 0.299 e. The van der Waals surface area contributed by atoms with Gasteiger partial charge in [-0.1, -0.05) is 18.7 Å². The molecule has 0 saturated carbocycles. The summed E-state index contributed by atoms with van der Waals surface area (Å²) in [7, 11) is 0. The molecule has 14 heavy (non-hydrogen) atoms. The predicted molar refractivity (Wildman–Crippen MR) is 62.6 cm³/mol. The summed E-state index contributed by atoms with van der Waals surface area (Å²) < 4.78 is 0.960. The van der Waals surface area contributed by atoms with Crippen molar-refractivity contribution < 1.29 is 4.79 Å². The first-order valence-corrected chi connectivity index (χ1v) is 6.26. The van der Waals surface area contributed by atoms with Gasteiger partial charge in [-0.3, -0.25) is 4.79 Å². The second kappa shape index (κ2) is 6.19. The third-order valence-electron chi connectivity index (χ3n) is 1.61. The third-order valence-corrected chi connectivity index (χ3v) is 3.08. The highest BCUT2D eigenvalue weighted by molar-refractivity contribution is 9.10. The molecule has 0 aliphatic heterocycles. The summed E-state index contributed by atoms with van der Waals surface area (Å²) >= 11 is 4.81. The Balaban J connectivity index is 2.38. The van der Waals surface area contributed by atoms with Crippen molar-refractivity contribution in [2.24, 2.45) is 0 Å². The smallest absolute Gasteiger partial charge is 0.143 e. The number of halogens is 1. The summed E-state index contributed by atoms with van der Waals surface area (Å²) in [4.78, 5) is 15.4. The summed E-state index contributed by atoms with van der Waals surface area (Å²) in [6.45, 7) is 2.01. The molecule has 0 unspecified atom stereocenters. The number of carbonyl (C=O) groups excluding carboxylic acids is 1. The van der Waals surface area contributed by atoms with E-state index < -0.39 is 0 Å². The van der Waals surface area contributed by atoms with Crippen molar-refractivity contribution in [3.8, 4) is 0 Å². The Kier molecular flexibility index (Phi) is 5.19. The number of aromatic nitrogens is 1. The quantitative estimate of drug-likeness (QED) is 0.772. The molecule has 0 atom stereocenters. The number of Topliss-reactive ketones (excluding diaryl/α,β-unsaturated/α-hetero) is 1. The lowest BCUT2D eigenvalue weighted by molar-refractivity contribution is -0.116. The Labute approximate surface area is 96.6 Å². The van der Waals surface area contributed by atoms with Crippen LogP contribution in [0.25, 0.3) is 0 Å². The second-order valence-corrected chi connectivity index (χ2v) is 4.80. The maximum atomic E-state index is 11.2. The first-order valence-electron chi connectivity index (χ1n) is 4.48. The molecule has 76 valence electrons. The SMILES string of the molecule is CCCC(=O)CSc1ccc(Br)cn1. The van der Waals surface area contributed by atoms with Crippen molar-refractivity contribution in [3.63, 3.8) is 0 Å². The minimum Gasteiger partial charge on any atom is -0.299 e. The highest BCUT2D eigenvalue weighted by Gasteiger charge is 2.02. The van der Waals surface area contributed by atoms with Crippen LogP contribution < -0.4 is 0 Å². The first-order chi connectivity index (χ1) is 6.72. The second-order valence-electron chi connectivity index (χ2n) is 2.89. The minimum absolute atomic E-state index is 0.294. The number of ketones is 1. The van der Waals surface area contributed by atoms with Crippen molar-refractivity contribution in [1.82, 2.24) is 4.98 Å². The Morgan fingerprint density at radius 1 is 1.57 bits per heavy atom. The number of nitrogens with zero attached hydrogens (tertiary/aromatic N) is 1. The molecule has 0 aliphatic carbocycles. The molecule has 2 nitrogen and oxygen atoms in total. The van der Waals surface area contributed by atoms with Gasteiger partial charge in [-0.05, 0) is 34.5 Å². The summed E-state index contributed by atoms with van der Waals surface area (Å²) in [5.41, 5.74) is 0. The molecule has 0 aromatic carbocycles. The van der Waals surface area contributed by atoms with Gasteiger partial charge in [0.1, 0.15) is 5.78 Å². The van der Waals surface area contributed by atoms with Gasteiger partial charge in [0.2, 0.25) is 0 Å². The molecule has 0 bridgehead atoms. The predicted octanol–water partition coefficient (Wildman–Crippen LogP) is 3.31. The molecule has 4 heteroatoms. The first kappa shape index (κ1) is 11.7. The fraction of sp³-hybridized carbons (Fsp3) is 0.400. The van der Waals surface area contributed by atoms with E-state index >= 15 is 0 Å². The van der Waals surface area contributed by atoms with Crippen molar-refractivity contribution in [2.45, 2.75) is 24.8 Å². The summed E-state index contributed by atoms with van der Waals surface area (Å²) in [6.07, 6.45) is 3.34. The van der Waals surface area contributed by atoms with Crippen molar-refractivity contribution in [1.29, 1.82) is 0 Å². The lowest BCUT2D eigenvalue weighted by Gasteiger charge is -1.99. The zero-order chi connectivity index (χ0) is 10.4. The van der Waals surface area contributed by atoms with E-state index in [-0.39, 0.29) is 0 Å². The van der Waals surface area contributed by atoms with Crippen LogP contribution in [0.5, 0.6) is 0 Å². The Hall–Kier alpha value is -0.350. The topological polar surface area (TPSA) is 30.0 Å². The number of rotatable bonds is 5. The Morgan fingerprint density at radius 2 is 2.36 bits per heavy atom. The number of hydrogen-bond donors (Lipinski definition) is 0. The minimum atomic E-state index is 0.294. The van der Waals surface area contributed by atoms with E-state index in [4.69, 9.17) is 0 Å². The molecular weight excluding hydrogens is 262 g/mol. The highest BCUT2D eigenvalue weighted by Crippen LogP contribution is 2.17. The number of carbonyl (C=O) groups is 1. The molecule has 0 aliphatic rings. The van der Waals surface area contributed by atoms with Crippen LogP contribution in [0.1, 0.15) is 19.8 Å². The van der Waals surface area contributed by atoms with Gasteiger partial charge in [0.25, 0.3) is 0 Å². The number of hydrogen-bond acceptors (Lipinski definition) is 3. The Morgan fingerprint density at radius 3 is 2.93 bits per heavy atom. The van der Waals surface area contributed by atoms with Gasteiger partial charge in [0, 0.05) is 17.1 Å². The standard InChI is InChI=1S/C10H12BrNOS/c1-2-3-9(13)7-14-10-5-4-8(11)6-12-10/h4-6H,2-3,7H2,1H3. The molecule has 1 aromatic heterocycles. The van der Waals surface area contributed by atoms with E-state index in [0.717, 1.165) is 15.9 Å². The molecule has 0 spiro atoms. The van der Waals surface area contributed by atoms with Crippen LogP contribution in [0.15, 0.2) is 27.8 Å². The van der Waals surface area contributed by atoms with E-state index in [2.05, 4.69) is 20.9 Å². The summed E-state index contributed by atoms with van der Waals surface area (Å²) in [6, 6.07) is 3.84. The van der Waals surface area contributed by atoms with E-state index in [1.54, 1.807) is 6.20 Å². The van der Waals surface area contributed by atoms with Crippen molar-refractivity contribution >= 4 is 33.5 Å². The van der Waals surface area contributed by atoms with E-state index in [1.807, 2.05) is 19.1 Å². The van der Waals surface area contributed by atoms with Crippen LogP contribution >= 0.6 is 27.7 Å². The summed E-state index contributed by atoms with van der Waals surface area (Å²) in [5.74, 6) is 0.824. The normalized spacial score (nSPS) is 10.1. The van der Waals surface area contributed by atoms with E-state index in [1.165, 1.54) is 11.8 Å². The van der Waals surface area contributed by atoms with Crippen LogP contribution in [0.3, 0.4) is 0 Å². The molecular formula is C10H12BrNOS. The molecule has 0 amide bonds. The van der Waals surface area contributed by atoms with Gasteiger partial charge in [-0.2, -0.15) is 0 Å². The summed E-state index contributed by atoms with van der Waals surface area (Å²) in [5, 5.41) is 0.901. The number of thioether (sulfide) groups is 1. The zero-order valence-corrected chi connectivity index (χ0v) is 10.4. The molecule has 0 saturated heterocycles. The zero-order valence-electron chi connectivity index (χ0n) is 8.00. The average molecular weight is 274 g/mol. The maximum Gasteiger partial charge on any atom is 0.143 e. The lowest BCUT2D eigenvalue weighted by Crippen LogP contribution is -2.00. The van der Waals surface area contributed by atoms with Gasteiger partial charge in [0.15, 0.2) is 0 Å². The van der Waals surface area contributed by atoms with Crippen molar-refractivity contribution in [2.75, 3.05) is 5.75 Å². The van der Waals surface area contributed by atoms with Gasteiger partial charge in [-0.25, -0.2) is 4.98 Å². The van der Waals surface area contributed by atoms with Gasteiger partial charge in [-0.15, -0.1) is 0 Å². The van der Waals surface area contributed by atoms with Gasteiger partial charge < -0.3 is 0 Å². The highest BCUT2D eigenvalue weighted by atomic mass is 79.9. The lowest BCUT2D eigenvalue weighted by atomic mass is 10.3. The van der Waals surface area contributed by atoms with Crippen LogP contribution in [-0.2, 0) is 4.79 Å². The molecule has 0 N–H and O–H groups in total. The molecule has 0 fully saturated rings. The van der Waals surface area contributed by atoms with Crippen LogP contribution in [0.4, 0.5) is 0 Å². The maximum absolute atomic E-state index is 11.2. The molecule has 0 radical (unpaired) electrons. The van der Waals surface area contributed by atoms with Gasteiger partial charge in [0.05, 0.1) is 10.8 Å². The van der Waals surface area contributed by atoms with Crippen LogP contribution in [0, 0.1) is 0 Å². The van der Waals surface area contributed by atoms with E-state index in [9.17, 15) is 4.79 Å². The third kappa shape index (κ3) is 4.24. The number of pyridine rings is 1. The molecule has 1 rings (SSSR count). The molecule has 1 heterocycles. The Bertz CT molecular complexity index is 299. The van der Waals surface area contributed by atoms with Crippen molar-refractivity contribution in [3.05, 3.63) is 22.8 Å². The monoisotopic (exact) mass is 273 g/mol. The van der Waals surface area contributed by atoms with Gasteiger partial charge >= 0.3 is 0 Å². The fourth-order valence-corrected chi connectivity index (χ4v) is 1.93. The average Bonchev–Trinajstić information content (AvgIpc) is 2.17. The van der Waals surface area contributed by atoms with Crippen LogP contribution in [-0.4, -0.2) is 16.5 Å². The van der Waals surface area contributed by atoms with E-state index in [0.29, 0.717) is 18.0 Å². The fourth-order valence-electron chi connectivity index (χ4n) is 0.953. The van der Waals surface area contributed by atoms with Crippen LogP contribution in [0.2, 0.25) is 0 Å².